The van der Waals surface area contributed by atoms with Gasteiger partial charge in [-0.15, -0.1) is 0 Å². The van der Waals surface area contributed by atoms with Gasteiger partial charge in [-0.1, -0.05) is 30.7 Å². The second-order valence-electron chi connectivity index (χ2n) is 4.20. The molecule has 0 radical (unpaired) electrons. The molecule has 2 heteroatoms. The normalized spacial score (nSPS) is 13.2. The van der Waals surface area contributed by atoms with Gasteiger partial charge in [0.15, 0.2) is 0 Å². The molecule has 0 amide bonds. The maximum absolute atomic E-state index is 5.82. The van der Waals surface area contributed by atoms with E-state index in [1.165, 1.54) is 5.56 Å². The summed E-state index contributed by atoms with van der Waals surface area (Å²) in [5, 5.41) is 0.814. The highest BCUT2D eigenvalue weighted by Crippen LogP contribution is 2.13. The lowest BCUT2D eigenvalue weighted by Gasteiger charge is -2.16. The first-order valence-corrected chi connectivity index (χ1v) is 5.35. The molecule has 78 valence electrons. The Balaban J connectivity index is 2.47. The van der Waals surface area contributed by atoms with Gasteiger partial charge < -0.3 is 4.90 Å². The molecule has 1 aromatic rings. The fourth-order valence-electron chi connectivity index (χ4n) is 1.71. The predicted octanol–water partition coefficient (Wildman–Crippen LogP) is 3.08. The van der Waals surface area contributed by atoms with Gasteiger partial charge in [-0.25, -0.2) is 0 Å². The summed E-state index contributed by atoms with van der Waals surface area (Å²) in [6, 6.07) is 8.13. The van der Waals surface area contributed by atoms with Gasteiger partial charge in [0, 0.05) is 11.6 Å². The highest BCUT2D eigenvalue weighted by Gasteiger charge is 2.04. The Morgan fingerprint density at radius 2 is 1.79 bits per heavy atom. The Morgan fingerprint density at radius 3 is 2.29 bits per heavy atom. The zero-order valence-electron chi connectivity index (χ0n) is 9.13. The highest BCUT2D eigenvalue weighted by molar-refractivity contribution is 6.30. The van der Waals surface area contributed by atoms with Gasteiger partial charge in [-0.05, 0) is 44.1 Å². The topological polar surface area (TPSA) is 3.24 Å². The van der Waals surface area contributed by atoms with Crippen molar-refractivity contribution in [3.8, 4) is 0 Å². The number of benzene rings is 1. The summed E-state index contributed by atoms with van der Waals surface area (Å²) in [6.07, 6.45) is 1.12. The monoisotopic (exact) mass is 211 g/mol. The first-order valence-electron chi connectivity index (χ1n) is 4.97. The van der Waals surface area contributed by atoms with Gasteiger partial charge in [0.1, 0.15) is 0 Å². The van der Waals surface area contributed by atoms with E-state index in [2.05, 4.69) is 38.1 Å². The number of rotatable bonds is 4. The van der Waals surface area contributed by atoms with Crippen molar-refractivity contribution in [3.63, 3.8) is 0 Å². The molecule has 0 spiro atoms. The Labute approximate surface area is 91.7 Å². The fraction of sp³-hybridized carbons (Fsp3) is 0.500. The van der Waals surface area contributed by atoms with Crippen molar-refractivity contribution in [1.29, 1.82) is 0 Å². The van der Waals surface area contributed by atoms with Gasteiger partial charge in [-0.3, -0.25) is 0 Å². The first kappa shape index (κ1) is 11.5. The molecule has 0 N–H and O–H groups in total. The molecule has 0 aliphatic carbocycles. The molecule has 0 saturated carbocycles. The second-order valence-corrected chi connectivity index (χ2v) is 4.63. The standard InChI is InChI=1S/C12H18ClN/c1-10(9-14(2)3)8-11-4-6-12(13)7-5-11/h4-7,10H,8-9H2,1-3H3. The third-order valence-electron chi connectivity index (χ3n) is 2.17. The van der Waals surface area contributed by atoms with Gasteiger partial charge in [-0.2, -0.15) is 0 Å². The number of hydrogen-bond donors (Lipinski definition) is 0. The summed E-state index contributed by atoms with van der Waals surface area (Å²) in [7, 11) is 4.22. The van der Waals surface area contributed by atoms with Crippen LogP contribution in [0.25, 0.3) is 0 Å². The van der Waals surface area contributed by atoms with Crippen LogP contribution in [-0.4, -0.2) is 25.5 Å². The van der Waals surface area contributed by atoms with Crippen LogP contribution in [0, 0.1) is 5.92 Å². The molecule has 1 rings (SSSR count). The molecule has 0 saturated heterocycles. The van der Waals surface area contributed by atoms with E-state index in [9.17, 15) is 0 Å². The van der Waals surface area contributed by atoms with Gasteiger partial charge >= 0.3 is 0 Å². The van der Waals surface area contributed by atoms with E-state index in [0.717, 1.165) is 18.0 Å². The zero-order chi connectivity index (χ0) is 10.6. The Morgan fingerprint density at radius 1 is 1.21 bits per heavy atom. The Kier molecular flexibility index (Phi) is 4.43. The van der Waals surface area contributed by atoms with Crippen LogP contribution in [0.5, 0.6) is 0 Å². The Hall–Kier alpha value is -0.530. The maximum Gasteiger partial charge on any atom is 0.0406 e. The summed E-state index contributed by atoms with van der Waals surface area (Å²) in [5.41, 5.74) is 1.36. The van der Waals surface area contributed by atoms with Gasteiger partial charge in [0.25, 0.3) is 0 Å². The molecular weight excluding hydrogens is 194 g/mol. The smallest absolute Gasteiger partial charge is 0.0406 e. The first-order chi connectivity index (χ1) is 6.58. The van der Waals surface area contributed by atoms with Gasteiger partial charge in [0.05, 0.1) is 0 Å². The number of hydrogen-bond acceptors (Lipinski definition) is 1. The molecule has 0 heterocycles. The van der Waals surface area contributed by atoms with E-state index in [1.54, 1.807) is 0 Å². The van der Waals surface area contributed by atoms with Crippen molar-refractivity contribution < 1.29 is 0 Å². The third-order valence-corrected chi connectivity index (χ3v) is 2.43. The minimum atomic E-state index is 0.686. The van der Waals surface area contributed by atoms with E-state index < -0.39 is 0 Å². The molecule has 0 aromatic heterocycles. The summed E-state index contributed by atoms with van der Waals surface area (Å²) in [4.78, 5) is 2.22. The van der Waals surface area contributed by atoms with Crippen molar-refractivity contribution in [1.82, 2.24) is 4.90 Å². The predicted molar refractivity (Wildman–Crippen MR) is 62.9 cm³/mol. The maximum atomic E-state index is 5.82. The summed E-state index contributed by atoms with van der Waals surface area (Å²) in [5.74, 6) is 0.686. The average Bonchev–Trinajstić information content (AvgIpc) is 2.07. The van der Waals surface area contributed by atoms with Crippen LogP contribution in [0.4, 0.5) is 0 Å². The second kappa shape index (κ2) is 5.38. The van der Waals surface area contributed by atoms with Crippen LogP contribution in [0.2, 0.25) is 5.02 Å². The van der Waals surface area contributed by atoms with Crippen molar-refractivity contribution in [2.75, 3.05) is 20.6 Å². The van der Waals surface area contributed by atoms with Gasteiger partial charge in [0.2, 0.25) is 0 Å². The minimum absolute atomic E-state index is 0.686. The molecular formula is C12H18ClN. The lowest BCUT2D eigenvalue weighted by Crippen LogP contribution is -2.21. The van der Waals surface area contributed by atoms with Crippen molar-refractivity contribution in [3.05, 3.63) is 34.9 Å². The molecule has 1 unspecified atom stereocenters. The summed E-state index contributed by atoms with van der Waals surface area (Å²) in [6.45, 7) is 3.40. The van der Waals surface area contributed by atoms with Crippen LogP contribution in [0.1, 0.15) is 12.5 Å². The van der Waals surface area contributed by atoms with E-state index in [-0.39, 0.29) is 0 Å². The molecule has 1 atom stereocenters. The minimum Gasteiger partial charge on any atom is -0.309 e. The van der Waals surface area contributed by atoms with Crippen LogP contribution in [0.15, 0.2) is 24.3 Å². The molecule has 0 bridgehead atoms. The van der Waals surface area contributed by atoms with E-state index in [4.69, 9.17) is 11.6 Å². The van der Waals surface area contributed by atoms with Crippen LogP contribution >= 0.6 is 11.6 Å². The highest BCUT2D eigenvalue weighted by atomic mass is 35.5. The lowest BCUT2D eigenvalue weighted by atomic mass is 10.0. The zero-order valence-corrected chi connectivity index (χ0v) is 9.88. The lowest BCUT2D eigenvalue weighted by molar-refractivity contribution is 0.338. The molecule has 14 heavy (non-hydrogen) atoms. The summed E-state index contributed by atoms with van der Waals surface area (Å²) >= 11 is 5.82. The molecule has 0 aliphatic heterocycles. The van der Waals surface area contributed by atoms with Crippen molar-refractivity contribution >= 4 is 11.6 Å². The quantitative estimate of drug-likeness (QED) is 0.740. The summed E-state index contributed by atoms with van der Waals surface area (Å²) < 4.78 is 0. The van der Waals surface area contributed by atoms with Crippen LogP contribution in [-0.2, 0) is 6.42 Å². The van der Waals surface area contributed by atoms with E-state index in [0.29, 0.717) is 5.92 Å². The van der Waals surface area contributed by atoms with Crippen molar-refractivity contribution in [2.24, 2.45) is 5.92 Å². The Bertz CT molecular complexity index is 266. The number of halogens is 1. The average molecular weight is 212 g/mol. The number of nitrogens with zero attached hydrogens (tertiary/aromatic N) is 1. The molecule has 0 aliphatic rings. The van der Waals surface area contributed by atoms with E-state index in [1.807, 2.05) is 12.1 Å². The van der Waals surface area contributed by atoms with Crippen molar-refractivity contribution in [2.45, 2.75) is 13.3 Å². The largest absolute Gasteiger partial charge is 0.309 e. The fourth-order valence-corrected chi connectivity index (χ4v) is 1.84. The SMILES string of the molecule is CC(Cc1ccc(Cl)cc1)CN(C)C. The third kappa shape index (κ3) is 4.12. The van der Waals surface area contributed by atoms with Crippen LogP contribution < -0.4 is 0 Å². The van der Waals surface area contributed by atoms with Crippen LogP contribution in [0.3, 0.4) is 0 Å². The molecule has 1 nitrogen and oxygen atoms in total. The molecule has 1 aromatic carbocycles. The van der Waals surface area contributed by atoms with E-state index >= 15 is 0 Å². The molecule has 0 fully saturated rings.